The maximum atomic E-state index is 11.4. The third-order valence-electron chi connectivity index (χ3n) is 5.73. The zero-order valence-corrected chi connectivity index (χ0v) is 27.7. The van der Waals surface area contributed by atoms with Crippen LogP contribution in [-0.4, -0.2) is 53.9 Å². The average Bonchev–Trinajstić information content (AvgIpc) is 2.94. The number of ether oxygens (including phenoxy) is 4. The Hall–Kier alpha value is -1.96. The van der Waals surface area contributed by atoms with Crippen molar-refractivity contribution in [1.29, 1.82) is 0 Å². The molecule has 40 heavy (non-hydrogen) atoms. The van der Waals surface area contributed by atoms with Gasteiger partial charge in [0.2, 0.25) is 0 Å². The van der Waals surface area contributed by atoms with E-state index in [-0.39, 0.29) is 36.5 Å². The molecule has 1 aromatic carbocycles. The van der Waals surface area contributed by atoms with Crippen molar-refractivity contribution >= 4 is 11.9 Å². The Morgan fingerprint density at radius 1 is 0.900 bits per heavy atom. The van der Waals surface area contributed by atoms with Crippen molar-refractivity contribution in [3.05, 3.63) is 35.9 Å². The van der Waals surface area contributed by atoms with Crippen molar-refractivity contribution in [1.82, 2.24) is 0 Å². The van der Waals surface area contributed by atoms with Gasteiger partial charge in [0, 0.05) is 6.92 Å². The second kappa shape index (κ2) is 28.6. The van der Waals surface area contributed by atoms with Crippen LogP contribution in [0.5, 0.6) is 0 Å². The van der Waals surface area contributed by atoms with Crippen LogP contribution in [0.2, 0.25) is 0 Å². The number of hydrogen-bond donors (Lipinski definition) is 1. The minimum absolute atomic E-state index is 0.00675. The second-order valence-electron chi connectivity index (χ2n) is 9.64. The third-order valence-corrected chi connectivity index (χ3v) is 5.73. The largest absolute Gasteiger partial charge is 0.463 e. The average molecular weight is 571 g/mol. The maximum absolute atomic E-state index is 11.4. The molecule has 6 unspecified atom stereocenters. The van der Waals surface area contributed by atoms with Gasteiger partial charge in [-0.15, -0.1) is 0 Å². The topological polar surface area (TPSA) is 91.3 Å². The molecule has 1 saturated heterocycles. The van der Waals surface area contributed by atoms with Crippen LogP contribution in [-0.2, 0) is 23.7 Å². The highest BCUT2D eigenvalue weighted by molar-refractivity contribution is 5.89. The molecule has 7 heteroatoms. The predicted molar refractivity (Wildman–Crippen MR) is 165 cm³/mol. The summed E-state index contributed by atoms with van der Waals surface area (Å²) in [7, 11) is 0. The lowest BCUT2D eigenvalue weighted by atomic mass is 10.1. The summed E-state index contributed by atoms with van der Waals surface area (Å²) in [4.78, 5) is 21.6. The highest BCUT2D eigenvalue weighted by atomic mass is 16.7. The van der Waals surface area contributed by atoms with Crippen molar-refractivity contribution in [3.8, 4) is 0 Å². The lowest BCUT2D eigenvalue weighted by Crippen LogP contribution is -2.36. The normalized spacial score (nSPS) is 19.6. The van der Waals surface area contributed by atoms with E-state index in [1.165, 1.54) is 6.92 Å². The van der Waals surface area contributed by atoms with Gasteiger partial charge >= 0.3 is 11.9 Å². The first-order chi connectivity index (χ1) is 18.9. The van der Waals surface area contributed by atoms with Gasteiger partial charge in [-0.25, -0.2) is 4.79 Å². The third kappa shape index (κ3) is 26.3. The fourth-order valence-corrected chi connectivity index (χ4v) is 2.90. The van der Waals surface area contributed by atoms with Crippen molar-refractivity contribution < 1.29 is 33.6 Å². The number of aliphatic hydroxyl groups is 1. The molecule has 0 aromatic heterocycles. The molecule has 1 N–H and O–H groups in total. The smallest absolute Gasteiger partial charge is 0.338 e. The van der Waals surface area contributed by atoms with Crippen LogP contribution in [0.3, 0.4) is 0 Å². The summed E-state index contributed by atoms with van der Waals surface area (Å²) in [6, 6.07) is 9.04. The molecule has 1 heterocycles. The fraction of sp³-hybridized carbons (Fsp3) is 0.758. The molecule has 7 nitrogen and oxygen atoms in total. The Bertz CT molecular complexity index is 693. The van der Waals surface area contributed by atoms with E-state index >= 15 is 0 Å². The Kier molecular flexibility index (Phi) is 30.4. The van der Waals surface area contributed by atoms with Gasteiger partial charge < -0.3 is 24.1 Å². The van der Waals surface area contributed by atoms with Crippen LogP contribution >= 0.6 is 0 Å². The van der Waals surface area contributed by atoms with Crippen LogP contribution in [0.1, 0.15) is 138 Å². The first kappa shape index (κ1) is 42.5. The highest BCUT2D eigenvalue weighted by Crippen LogP contribution is 2.22. The first-order valence-corrected chi connectivity index (χ1v) is 15.4. The molecular formula is C33H62O7. The van der Waals surface area contributed by atoms with Gasteiger partial charge in [0.05, 0.1) is 36.1 Å². The standard InChI is InChI=1S/C11H14O2.C10H20O2.C6H12O2.C4H10O.C2H6/c1-3-9(2)13-11(12)10-7-5-4-6-8-10;1-4-6-10-11-8(3)7-9(5-2)12-10;1-4-5(2)8-6(3)7;1-3-4(2)5;1-2/h4-9H,3H2,1-2H3;8-10H,4-7H2,1-3H3;5H,4H2,1-3H3;4-5H,3H2,1-2H3;1-2H3. The van der Waals surface area contributed by atoms with Crippen LogP contribution in [0.15, 0.2) is 30.3 Å². The van der Waals surface area contributed by atoms with Crippen LogP contribution in [0, 0.1) is 0 Å². The molecule has 1 fully saturated rings. The minimum Gasteiger partial charge on any atom is -0.463 e. The Morgan fingerprint density at radius 2 is 1.40 bits per heavy atom. The lowest BCUT2D eigenvalue weighted by Gasteiger charge is -2.33. The molecule has 1 aliphatic rings. The number of carbonyl (C=O) groups is 2. The molecule has 1 aromatic rings. The predicted octanol–water partition coefficient (Wildman–Crippen LogP) is 8.51. The first-order valence-electron chi connectivity index (χ1n) is 15.4. The van der Waals surface area contributed by atoms with E-state index in [0.29, 0.717) is 17.8 Å². The quantitative estimate of drug-likeness (QED) is 0.298. The summed E-state index contributed by atoms with van der Waals surface area (Å²) >= 11 is 0. The molecule has 0 amide bonds. The van der Waals surface area contributed by atoms with E-state index < -0.39 is 0 Å². The van der Waals surface area contributed by atoms with Gasteiger partial charge in [0.15, 0.2) is 6.29 Å². The summed E-state index contributed by atoms with van der Waals surface area (Å²) in [6.45, 7) is 23.3. The Morgan fingerprint density at radius 3 is 1.77 bits per heavy atom. The number of aliphatic hydroxyl groups excluding tert-OH is 1. The number of rotatable bonds is 9. The lowest BCUT2D eigenvalue weighted by molar-refractivity contribution is -0.240. The SMILES string of the molecule is CC.CCC(C)O.CCC(C)OC(=O)c1ccccc1.CCC(C)OC(C)=O.CCCC1OC(C)CC(CC)O1. The number of carbonyl (C=O) groups excluding carboxylic acids is 2. The van der Waals surface area contributed by atoms with Gasteiger partial charge in [-0.05, 0) is 78.4 Å². The van der Waals surface area contributed by atoms with Crippen molar-refractivity contribution in [2.75, 3.05) is 0 Å². The zero-order valence-electron chi connectivity index (χ0n) is 27.7. The Balaban J connectivity index is -0.000000470. The number of esters is 2. The molecule has 0 spiro atoms. The summed E-state index contributed by atoms with van der Waals surface area (Å²) in [6.07, 6.45) is 7.72. The fourth-order valence-electron chi connectivity index (χ4n) is 2.90. The van der Waals surface area contributed by atoms with E-state index in [2.05, 4.69) is 20.8 Å². The summed E-state index contributed by atoms with van der Waals surface area (Å²) < 4.78 is 21.3. The van der Waals surface area contributed by atoms with Crippen LogP contribution in [0.4, 0.5) is 0 Å². The van der Waals surface area contributed by atoms with Crippen molar-refractivity contribution in [2.45, 2.75) is 165 Å². The van der Waals surface area contributed by atoms with E-state index in [1.54, 1.807) is 19.1 Å². The monoisotopic (exact) mass is 570 g/mol. The number of hydrogen-bond acceptors (Lipinski definition) is 7. The van der Waals surface area contributed by atoms with Gasteiger partial charge in [-0.3, -0.25) is 4.79 Å². The molecular weight excluding hydrogens is 508 g/mol. The number of benzene rings is 1. The second-order valence-corrected chi connectivity index (χ2v) is 9.64. The van der Waals surface area contributed by atoms with Gasteiger partial charge in [-0.2, -0.15) is 0 Å². The summed E-state index contributed by atoms with van der Waals surface area (Å²) in [5.74, 6) is -0.436. The molecule has 0 aliphatic carbocycles. The zero-order chi connectivity index (χ0) is 31.5. The Labute approximate surface area is 246 Å². The maximum Gasteiger partial charge on any atom is 0.338 e. The van der Waals surface area contributed by atoms with E-state index in [1.807, 2.05) is 66.7 Å². The van der Waals surface area contributed by atoms with E-state index in [4.69, 9.17) is 24.1 Å². The van der Waals surface area contributed by atoms with Crippen molar-refractivity contribution in [3.63, 3.8) is 0 Å². The highest BCUT2D eigenvalue weighted by Gasteiger charge is 2.25. The molecule has 6 atom stereocenters. The van der Waals surface area contributed by atoms with Crippen LogP contribution < -0.4 is 0 Å². The van der Waals surface area contributed by atoms with Crippen LogP contribution in [0.25, 0.3) is 0 Å². The molecule has 0 bridgehead atoms. The molecule has 2 rings (SSSR count). The molecule has 1 aliphatic heterocycles. The van der Waals surface area contributed by atoms with Gasteiger partial charge in [-0.1, -0.05) is 73.1 Å². The molecule has 0 radical (unpaired) electrons. The molecule has 236 valence electrons. The van der Waals surface area contributed by atoms with E-state index in [0.717, 1.165) is 44.9 Å². The minimum atomic E-state index is -0.241. The van der Waals surface area contributed by atoms with Crippen molar-refractivity contribution in [2.24, 2.45) is 0 Å². The summed E-state index contributed by atoms with van der Waals surface area (Å²) in [5.41, 5.74) is 0.614. The van der Waals surface area contributed by atoms with Gasteiger partial charge in [0.25, 0.3) is 0 Å². The van der Waals surface area contributed by atoms with E-state index in [9.17, 15) is 9.59 Å². The molecule has 0 saturated carbocycles. The van der Waals surface area contributed by atoms with Gasteiger partial charge in [0.1, 0.15) is 0 Å². The summed E-state index contributed by atoms with van der Waals surface area (Å²) in [5, 5.41) is 8.36.